The van der Waals surface area contributed by atoms with Gasteiger partial charge < -0.3 is 14.8 Å². The lowest BCUT2D eigenvalue weighted by molar-refractivity contribution is 0.0914. The fraction of sp³-hybridized carbons (Fsp3) is 0.571. The SMILES string of the molecule is COCC(C)Oc1c(Cl)cccc1CNC(C)C. The Labute approximate surface area is 114 Å². The van der Waals surface area contributed by atoms with E-state index in [4.69, 9.17) is 21.1 Å². The number of halogens is 1. The van der Waals surface area contributed by atoms with Gasteiger partial charge in [-0.3, -0.25) is 0 Å². The van der Waals surface area contributed by atoms with Crippen LogP contribution in [0.5, 0.6) is 5.75 Å². The Hall–Kier alpha value is -0.770. The fourth-order valence-electron chi connectivity index (χ4n) is 1.61. The summed E-state index contributed by atoms with van der Waals surface area (Å²) in [6.07, 6.45) is -0.0206. The van der Waals surface area contributed by atoms with E-state index in [2.05, 4.69) is 19.2 Å². The van der Waals surface area contributed by atoms with Crippen LogP contribution in [0.2, 0.25) is 5.02 Å². The van der Waals surface area contributed by atoms with Crippen LogP contribution in [0.4, 0.5) is 0 Å². The van der Waals surface area contributed by atoms with Crippen LogP contribution in [-0.4, -0.2) is 25.9 Å². The van der Waals surface area contributed by atoms with Gasteiger partial charge in [0.1, 0.15) is 11.9 Å². The monoisotopic (exact) mass is 271 g/mol. The Balaban J connectivity index is 2.79. The van der Waals surface area contributed by atoms with Gasteiger partial charge in [-0.05, 0) is 13.0 Å². The molecule has 0 saturated carbocycles. The molecular weight excluding hydrogens is 250 g/mol. The van der Waals surface area contributed by atoms with Crippen LogP contribution in [0.15, 0.2) is 18.2 Å². The van der Waals surface area contributed by atoms with Gasteiger partial charge in [-0.25, -0.2) is 0 Å². The first-order valence-corrected chi connectivity index (χ1v) is 6.58. The van der Waals surface area contributed by atoms with E-state index in [0.29, 0.717) is 17.7 Å². The maximum absolute atomic E-state index is 6.20. The molecule has 1 aromatic rings. The summed E-state index contributed by atoms with van der Waals surface area (Å²) < 4.78 is 10.9. The molecule has 0 amide bonds. The summed E-state index contributed by atoms with van der Waals surface area (Å²) in [5, 5.41) is 4.00. The maximum Gasteiger partial charge on any atom is 0.142 e. The van der Waals surface area contributed by atoms with Gasteiger partial charge in [-0.15, -0.1) is 0 Å². The molecule has 1 unspecified atom stereocenters. The third kappa shape index (κ3) is 4.84. The van der Waals surface area contributed by atoms with Gasteiger partial charge in [-0.1, -0.05) is 37.6 Å². The van der Waals surface area contributed by atoms with Gasteiger partial charge in [0.25, 0.3) is 0 Å². The van der Waals surface area contributed by atoms with Crippen molar-refractivity contribution in [1.29, 1.82) is 0 Å². The van der Waals surface area contributed by atoms with Crippen LogP contribution in [0.25, 0.3) is 0 Å². The lowest BCUT2D eigenvalue weighted by Crippen LogP contribution is -2.23. The molecule has 0 fully saturated rings. The number of para-hydroxylation sites is 1. The molecule has 0 bridgehead atoms. The van der Waals surface area contributed by atoms with Crippen LogP contribution in [0.3, 0.4) is 0 Å². The smallest absolute Gasteiger partial charge is 0.142 e. The number of ether oxygens (including phenoxy) is 2. The van der Waals surface area contributed by atoms with Crippen molar-refractivity contribution in [2.75, 3.05) is 13.7 Å². The molecule has 0 aromatic heterocycles. The Morgan fingerprint density at radius 2 is 2.00 bits per heavy atom. The zero-order chi connectivity index (χ0) is 13.5. The van der Waals surface area contributed by atoms with Crippen LogP contribution in [0.1, 0.15) is 26.3 Å². The Morgan fingerprint density at radius 3 is 2.61 bits per heavy atom. The van der Waals surface area contributed by atoms with E-state index in [-0.39, 0.29) is 6.10 Å². The summed E-state index contributed by atoms with van der Waals surface area (Å²) in [4.78, 5) is 0. The molecule has 18 heavy (non-hydrogen) atoms. The molecule has 0 aliphatic heterocycles. The van der Waals surface area contributed by atoms with Crippen LogP contribution in [-0.2, 0) is 11.3 Å². The number of hydrogen-bond acceptors (Lipinski definition) is 3. The van der Waals surface area contributed by atoms with Crippen molar-refractivity contribution < 1.29 is 9.47 Å². The Kier molecular flexibility index (Phi) is 6.47. The molecule has 0 aliphatic rings. The van der Waals surface area contributed by atoms with E-state index in [1.807, 2.05) is 25.1 Å². The predicted octanol–water partition coefficient (Wildman–Crippen LogP) is 3.25. The van der Waals surface area contributed by atoms with Crippen LogP contribution < -0.4 is 10.1 Å². The average Bonchev–Trinajstić information content (AvgIpc) is 2.30. The highest BCUT2D eigenvalue weighted by Crippen LogP contribution is 2.29. The summed E-state index contributed by atoms with van der Waals surface area (Å²) in [5.74, 6) is 0.747. The molecule has 4 heteroatoms. The molecule has 0 saturated heterocycles. The molecule has 102 valence electrons. The van der Waals surface area contributed by atoms with Crippen molar-refractivity contribution in [1.82, 2.24) is 5.32 Å². The second-order valence-corrected chi connectivity index (χ2v) is 5.05. The van der Waals surface area contributed by atoms with Crippen LogP contribution >= 0.6 is 11.6 Å². The van der Waals surface area contributed by atoms with Crippen molar-refractivity contribution in [3.8, 4) is 5.75 Å². The number of methoxy groups -OCH3 is 1. The molecule has 0 spiro atoms. The van der Waals surface area contributed by atoms with Crippen molar-refractivity contribution in [2.45, 2.75) is 39.5 Å². The van der Waals surface area contributed by atoms with Crippen molar-refractivity contribution in [3.63, 3.8) is 0 Å². The van der Waals surface area contributed by atoms with E-state index in [0.717, 1.165) is 17.9 Å². The van der Waals surface area contributed by atoms with E-state index in [9.17, 15) is 0 Å². The minimum absolute atomic E-state index is 0.0206. The fourth-order valence-corrected chi connectivity index (χ4v) is 1.85. The quantitative estimate of drug-likeness (QED) is 0.826. The normalized spacial score (nSPS) is 12.8. The van der Waals surface area contributed by atoms with Gasteiger partial charge in [0, 0.05) is 25.3 Å². The number of rotatable bonds is 7. The molecule has 1 rings (SSSR count). The van der Waals surface area contributed by atoms with E-state index >= 15 is 0 Å². The second-order valence-electron chi connectivity index (χ2n) is 4.65. The highest BCUT2D eigenvalue weighted by molar-refractivity contribution is 6.32. The third-order valence-electron chi connectivity index (χ3n) is 2.47. The van der Waals surface area contributed by atoms with E-state index < -0.39 is 0 Å². The largest absolute Gasteiger partial charge is 0.486 e. The van der Waals surface area contributed by atoms with Crippen molar-refractivity contribution >= 4 is 11.6 Å². The molecule has 1 atom stereocenters. The first-order chi connectivity index (χ1) is 8.54. The number of hydrogen-bond donors (Lipinski definition) is 1. The minimum Gasteiger partial charge on any atom is -0.486 e. The number of nitrogens with one attached hydrogen (secondary N) is 1. The molecule has 0 heterocycles. The van der Waals surface area contributed by atoms with Crippen molar-refractivity contribution in [2.24, 2.45) is 0 Å². The molecule has 1 aromatic carbocycles. The van der Waals surface area contributed by atoms with E-state index in [1.54, 1.807) is 7.11 Å². The maximum atomic E-state index is 6.20. The van der Waals surface area contributed by atoms with Gasteiger partial charge >= 0.3 is 0 Å². The van der Waals surface area contributed by atoms with Gasteiger partial charge in [0.15, 0.2) is 0 Å². The van der Waals surface area contributed by atoms with Crippen LogP contribution in [0, 0.1) is 0 Å². The third-order valence-corrected chi connectivity index (χ3v) is 2.77. The standard InChI is InChI=1S/C14H22ClNO2/c1-10(2)16-8-12-6-5-7-13(15)14(12)18-11(3)9-17-4/h5-7,10-11,16H,8-9H2,1-4H3. The summed E-state index contributed by atoms with van der Waals surface area (Å²) in [7, 11) is 1.66. The summed E-state index contributed by atoms with van der Waals surface area (Å²) >= 11 is 6.20. The lowest BCUT2D eigenvalue weighted by atomic mass is 10.2. The molecule has 3 nitrogen and oxygen atoms in total. The average molecular weight is 272 g/mol. The first kappa shape index (κ1) is 15.3. The Morgan fingerprint density at radius 1 is 1.28 bits per heavy atom. The highest BCUT2D eigenvalue weighted by Gasteiger charge is 2.12. The van der Waals surface area contributed by atoms with Crippen molar-refractivity contribution in [3.05, 3.63) is 28.8 Å². The zero-order valence-corrected chi connectivity index (χ0v) is 12.3. The predicted molar refractivity (Wildman–Crippen MR) is 75.4 cm³/mol. The molecule has 1 N–H and O–H groups in total. The van der Waals surface area contributed by atoms with E-state index in [1.165, 1.54) is 0 Å². The molecule has 0 radical (unpaired) electrons. The van der Waals surface area contributed by atoms with Gasteiger partial charge in [0.05, 0.1) is 11.6 Å². The molecular formula is C14H22ClNO2. The van der Waals surface area contributed by atoms with Gasteiger partial charge in [-0.2, -0.15) is 0 Å². The van der Waals surface area contributed by atoms with Gasteiger partial charge in [0.2, 0.25) is 0 Å². The summed E-state index contributed by atoms with van der Waals surface area (Å²) in [5.41, 5.74) is 1.07. The second kappa shape index (κ2) is 7.62. The number of benzene rings is 1. The lowest BCUT2D eigenvalue weighted by Gasteiger charge is -2.19. The topological polar surface area (TPSA) is 30.5 Å². The Bertz CT molecular complexity index is 369. The zero-order valence-electron chi connectivity index (χ0n) is 11.5. The highest BCUT2D eigenvalue weighted by atomic mass is 35.5. The molecule has 0 aliphatic carbocycles. The minimum atomic E-state index is -0.0206. The summed E-state index contributed by atoms with van der Waals surface area (Å²) in [6, 6.07) is 6.23. The summed E-state index contributed by atoms with van der Waals surface area (Å²) in [6.45, 7) is 7.47. The first-order valence-electron chi connectivity index (χ1n) is 6.21.